The average Bonchev–Trinajstić information content (AvgIpc) is 2.94. The molecule has 1 aromatic heterocycles. The first-order chi connectivity index (χ1) is 10.9. The van der Waals surface area contributed by atoms with E-state index in [-0.39, 0.29) is 5.75 Å². The molecule has 0 aliphatic rings. The molecule has 23 heavy (non-hydrogen) atoms. The number of thiophene rings is 1. The molecule has 0 aliphatic carbocycles. The Balaban J connectivity index is 2.41. The van der Waals surface area contributed by atoms with E-state index in [9.17, 15) is 8.42 Å². The SMILES string of the molecule is CCNC(=NCc1ccc(C)s1)NCCCN(C)S(=O)(=O)CC. The molecule has 0 spiro atoms. The minimum atomic E-state index is -3.09. The van der Waals surface area contributed by atoms with Crippen molar-refractivity contribution < 1.29 is 8.42 Å². The van der Waals surface area contributed by atoms with Crippen LogP contribution in [0.15, 0.2) is 17.1 Å². The van der Waals surface area contributed by atoms with Crippen LogP contribution in [0.4, 0.5) is 0 Å². The summed E-state index contributed by atoms with van der Waals surface area (Å²) in [6.07, 6.45) is 0.734. The number of rotatable bonds is 9. The molecule has 2 N–H and O–H groups in total. The maximum Gasteiger partial charge on any atom is 0.213 e. The van der Waals surface area contributed by atoms with Gasteiger partial charge in [-0.3, -0.25) is 0 Å². The van der Waals surface area contributed by atoms with Crippen LogP contribution in [0.25, 0.3) is 0 Å². The summed E-state index contributed by atoms with van der Waals surface area (Å²) in [4.78, 5) is 7.07. The van der Waals surface area contributed by atoms with Crippen LogP contribution in [0.2, 0.25) is 0 Å². The fourth-order valence-electron chi connectivity index (χ4n) is 1.94. The second-order valence-electron chi connectivity index (χ2n) is 5.21. The van der Waals surface area contributed by atoms with Crippen LogP contribution in [0.1, 0.15) is 30.0 Å². The molecule has 0 fully saturated rings. The third kappa shape index (κ3) is 7.32. The molecule has 1 rings (SSSR count). The van der Waals surface area contributed by atoms with Gasteiger partial charge in [0.1, 0.15) is 0 Å². The Labute approximate surface area is 144 Å². The lowest BCUT2D eigenvalue weighted by atomic mass is 10.4. The van der Waals surface area contributed by atoms with Gasteiger partial charge in [-0.25, -0.2) is 17.7 Å². The zero-order valence-corrected chi connectivity index (χ0v) is 16.1. The molecule has 132 valence electrons. The molecule has 0 aliphatic heterocycles. The summed E-state index contributed by atoms with van der Waals surface area (Å²) in [6.45, 7) is 8.39. The molecular weight excluding hydrogens is 332 g/mol. The Morgan fingerprint density at radius 2 is 2.04 bits per heavy atom. The predicted molar refractivity (Wildman–Crippen MR) is 98.6 cm³/mol. The van der Waals surface area contributed by atoms with Gasteiger partial charge in [0, 0.05) is 36.4 Å². The first kappa shape index (κ1) is 19.9. The second kappa shape index (κ2) is 9.89. The molecule has 0 bridgehead atoms. The van der Waals surface area contributed by atoms with E-state index in [1.54, 1.807) is 25.3 Å². The molecule has 6 nitrogen and oxygen atoms in total. The molecule has 0 aromatic carbocycles. The van der Waals surface area contributed by atoms with Crippen LogP contribution >= 0.6 is 11.3 Å². The molecule has 8 heteroatoms. The van der Waals surface area contributed by atoms with E-state index < -0.39 is 10.0 Å². The van der Waals surface area contributed by atoms with Crippen molar-refractivity contribution in [2.45, 2.75) is 33.7 Å². The van der Waals surface area contributed by atoms with Gasteiger partial charge in [-0.1, -0.05) is 0 Å². The van der Waals surface area contributed by atoms with Crippen molar-refractivity contribution in [3.8, 4) is 0 Å². The zero-order valence-electron chi connectivity index (χ0n) is 14.4. The van der Waals surface area contributed by atoms with E-state index in [1.807, 2.05) is 6.92 Å². The zero-order chi connectivity index (χ0) is 17.3. The van der Waals surface area contributed by atoms with Gasteiger partial charge in [-0.05, 0) is 39.3 Å². The third-order valence-electron chi connectivity index (χ3n) is 3.32. The monoisotopic (exact) mass is 360 g/mol. The Bertz CT molecular complexity index is 596. The van der Waals surface area contributed by atoms with Gasteiger partial charge in [-0.2, -0.15) is 0 Å². The van der Waals surface area contributed by atoms with E-state index in [4.69, 9.17) is 0 Å². The highest BCUT2D eigenvalue weighted by Crippen LogP contribution is 2.15. The molecule has 0 saturated carbocycles. The Kier molecular flexibility index (Phi) is 8.57. The number of guanidine groups is 1. The van der Waals surface area contributed by atoms with E-state index in [0.717, 1.165) is 18.9 Å². The summed E-state index contributed by atoms with van der Waals surface area (Å²) in [6, 6.07) is 4.19. The van der Waals surface area contributed by atoms with Gasteiger partial charge >= 0.3 is 0 Å². The van der Waals surface area contributed by atoms with Gasteiger partial charge < -0.3 is 10.6 Å². The molecule has 1 aromatic rings. The van der Waals surface area contributed by atoms with Gasteiger partial charge in [0.05, 0.1) is 12.3 Å². The fourth-order valence-corrected chi connectivity index (χ4v) is 3.60. The van der Waals surface area contributed by atoms with Crippen molar-refractivity contribution in [3.05, 3.63) is 21.9 Å². The Morgan fingerprint density at radius 1 is 1.30 bits per heavy atom. The first-order valence-electron chi connectivity index (χ1n) is 7.90. The topological polar surface area (TPSA) is 73.8 Å². The minimum Gasteiger partial charge on any atom is -0.357 e. The van der Waals surface area contributed by atoms with Crippen molar-refractivity contribution in [1.82, 2.24) is 14.9 Å². The van der Waals surface area contributed by atoms with Crippen molar-refractivity contribution >= 4 is 27.3 Å². The largest absolute Gasteiger partial charge is 0.357 e. The summed E-state index contributed by atoms with van der Waals surface area (Å²) in [5.74, 6) is 0.904. The van der Waals surface area contributed by atoms with E-state index in [0.29, 0.717) is 19.6 Å². The lowest BCUT2D eigenvalue weighted by Gasteiger charge is -2.16. The third-order valence-corrected chi connectivity index (χ3v) is 6.16. The normalized spacial score (nSPS) is 12.7. The Hall–Kier alpha value is -1.12. The molecule has 0 radical (unpaired) electrons. The van der Waals surface area contributed by atoms with Gasteiger partial charge in [0.25, 0.3) is 0 Å². The smallest absolute Gasteiger partial charge is 0.213 e. The summed E-state index contributed by atoms with van der Waals surface area (Å²) in [5, 5.41) is 6.45. The van der Waals surface area contributed by atoms with Crippen LogP contribution in [0.3, 0.4) is 0 Å². The maximum atomic E-state index is 11.7. The predicted octanol–water partition coefficient (Wildman–Crippen LogP) is 1.78. The van der Waals surface area contributed by atoms with Crippen LogP contribution in [-0.2, 0) is 16.6 Å². The maximum absolute atomic E-state index is 11.7. The lowest BCUT2D eigenvalue weighted by Crippen LogP contribution is -2.39. The molecular formula is C15H28N4O2S2. The number of nitrogens with zero attached hydrogens (tertiary/aromatic N) is 2. The van der Waals surface area contributed by atoms with Crippen molar-refractivity contribution in [2.75, 3.05) is 32.4 Å². The van der Waals surface area contributed by atoms with Crippen LogP contribution in [-0.4, -0.2) is 51.1 Å². The highest BCUT2D eigenvalue weighted by molar-refractivity contribution is 7.89. The van der Waals surface area contributed by atoms with E-state index >= 15 is 0 Å². The molecule has 0 saturated heterocycles. The number of nitrogens with one attached hydrogen (secondary N) is 2. The van der Waals surface area contributed by atoms with Crippen molar-refractivity contribution in [2.24, 2.45) is 4.99 Å². The first-order valence-corrected chi connectivity index (χ1v) is 10.3. The fraction of sp³-hybridized carbons (Fsp3) is 0.667. The van der Waals surface area contributed by atoms with Crippen molar-refractivity contribution in [1.29, 1.82) is 0 Å². The van der Waals surface area contributed by atoms with Gasteiger partial charge in [0.15, 0.2) is 5.96 Å². The lowest BCUT2D eigenvalue weighted by molar-refractivity contribution is 0.461. The number of sulfonamides is 1. The number of hydrogen-bond acceptors (Lipinski definition) is 4. The summed E-state index contributed by atoms with van der Waals surface area (Å²) in [7, 11) is -1.47. The average molecular weight is 361 g/mol. The van der Waals surface area contributed by atoms with Crippen molar-refractivity contribution in [3.63, 3.8) is 0 Å². The highest BCUT2D eigenvalue weighted by Gasteiger charge is 2.13. The van der Waals surface area contributed by atoms with E-state index in [2.05, 4.69) is 34.7 Å². The minimum absolute atomic E-state index is 0.140. The molecule has 1 heterocycles. The van der Waals surface area contributed by atoms with E-state index in [1.165, 1.54) is 14.1 Å². The van der Waals surface area contributed by atoms with Gasteiger partial charge in [-0.15, -0.1) is 11.3 Å². The quantitative estimate of drug-likeness (QED) is 0.400. The number of hydrogen-bond donors (Lipinski definition) is 2. The summed E-state index contributed by atoms with van der Waals surface area (Å²) < 4.78 is 24.7. The number of aliphatic imine (C=N–C) groups is 1. The van der Waals surface area contributed by atoms with Crippen LogP contribution in [0, 0.1) is 6.92 Å². The molecule has 0 unspecified atom stereocenters. The summed E-state index contributed by atoms with van der Waals surface area (Å²) in [5.41, 5.74) is 0. The van der Waals surface area contributed by atoms with Crippen LogP contribution < -0.4 is 10.6 Å². The summed E-state index contributed by atoms with van der Waals surface area (Å²) >= 11 is 1.75. The number of aryl methyl sites for hydroxylation is 1. The van der Waals surface area contributed by atoms with Crippen LogP contribution in [0.5, 0.6) is 0 Å². The Morgan fingerprint density at radius 3 is 2.61 bits per heavy atom. The molecule has 0 atom stereocenters. The highest BCUT2D eigenvalue weighted by atomic mass is 32.2. The van der Waals surface area contributed by atoms with Gasteiger partial charge in [0.2, 0.25) is 10.0 Å². The molecule has 0 amide bonds. The standard InChI is InChI=1S/C15H28N4O2S2/c1-5-16-15(18-12-14-9-8-13(3)22-14)17-10-7-11-19(4)23(20,21)6-2/h8-9H,5-7,10-12H2,1-4H3,(H2,16,17,18). The second-order valence-corrected chi connectivity index (χ2v) is 8.95.